The van der Waals surface area contributed by atoms with Gasteiger partial charge in [-0.25, -0.2) is 8.42 Å². The van der Waals surface area contributed by atoms with E-state index >= 15 is 0 Å². The molecule has 0 aromatic heterocycles. The van der Waals surface area contributed by atoms with Crippen LogP contribution in [0.1, 0.15) is 26.7 Å². The Morgan fingerprint density at radius 1 is 1.35 bits per heavy atom. The second-order valence-corrected chi connectivity index (χ2v) is 8.91. The molecule has 1 saturated heterocycles. The summed E-state index contributed by atoms with van der Waals surface area (Å²) in [6.45, 7) is 5.29. The zero-order chi connectivity index (χ0) is 12.5. The van der Waals surface area contributed by atoms with Crippen molar-refractivity contribution in [2.75, 3.05) is 23.8 Å². The van der Waals surface area contributed by atoms with Crippen molar-refractivity contribution in [3.05, 3.63) is 0 Å². The normalized spacial score (nSPS) is 28.5. The Hall–Kier alpha value is -0.230. The van der Waals surface area contributed by atoms with Gasteiger partial charge in [-0.15, -0.1) is 0 Å². The Morgan fingerprint density at radius 3 is 2.53 bits per heavy atom. The molecule has 1 fully saturated rings. The summed E-state index contributed by atoms with van der Waals surface area (Å²) in [4.78, 5) is 4.53. The Balaban J connectivity index is 1.85. The van der Waals surface area contributed by atoms with Crippen LogP contribution in [0.25, 0.3) is 0 Å². The molecule has 0 saturated carbocycles. The van der Waals surface area contributed by atoms with Gasteiger partial charge >= 0.3 is 0 Å². The average Bonchev–Trinajstić information content (AvgIpc) is 2.24. The first-order valence-corrected chi connectivity index (χ1v) is 8.81. The topological polar surface area (TPSA) is 58.5 Å². The predicted molar refractivity (Wildman–Crippen MR) is 73.4 cm³/mol. The average molecular weight is 276 g/mol. The van der Waals surface area contributed by atoms with Crippen molar-refractivity contribution >= 4 is 26.8 Å². The van der Waals surface area contributed by atoms with E-state index in [0.717, 1.165) is 17.5 Å². The molecule has 6 heteroatoms. The second kappa shape index (κ2) is 4.80. The lowest BCUT2D eigenvalue weighted by molar-refractivity contribution is 0.435. The molecule has 2 rings (SSSR count). The first-order chi connectivity index (χ1) is 7.86. The fourth-order valence-electron chi connectivity index (χ4n) is 1.94. The van der Waals surface area contributed by atoms with Gasteiger partial charge in [-0.2, -0.15) is 0 Å². The first kappa shape index (κ1) is 13.2. The molecule has 1 N–H and O–H groups in total. The summed E-state index contributed by atoms with van der Waals surface area (Å²) in [5.41, 5.74) is 0.283. The molecule has 0 bridgehead atoms. The molecular formula is C11H20N2O2S2. The number of rotatable bonds is 1. The van der Waals surface area contributed by atoms with Crippen LogP contribution in [0.3, 0.4) is 0 Å². The van der Waals surface area contributed by atoms with E-state index in [9.17, 15) is 8.42 Å². The molecule has 2 aliphatic heterocycles. The van der Waals surface area contributed by atoms with Gasteiger partial charge in [-0.1, -0.05) is 25.6 Å². The lowest BCUT2D eigenvalue weighted by Crippen LogP contribution is -2.42. The van der Waals surface area contributed by atoms with Gasteiger partial charge in [0.2, 0.25) is 0 Å². The Morgan fingerprint density at radius 2 is 2.00 bits per heavy atom. The summed E-state index contributed by atoms with van der Waals surface area (Å²) >= 11 is 1.75. The third-order valence-corrected chi connectivity index (χ3v) is 6.29. The lowest BCUT2D eigenvalue weighted by atomic mass is 9.97. The molecule has 0 aromatic carbocycles. The summed E-state index contributed by atoms with van der Waals surface area (Å²) in [5, 5.41) is 4.38. The molecule has 2 aliphatic rings. The van der Waals surface area contributed by atoms with E-state index in [1.54, 1.807) is 11.8 Å². The number of hydrogen-bond donors (Lipinski definition) is 1. The van der Waals surface area contributed by atoms with Gasteiger partial charge in [0, 0.05) is 18.3 Å². The molecule has 0 unspecified atom stereocenters. The third kappa shape index (κ3) is 3.88. The highest BCUT2D eigenvalue weighted by molar-refractivity contribution is 8.13. The Labute approximate surface area is 108 Å². The van der Waals surface area contributed by atoms with Crippen LogP contribution in [-0.2, 0) is 9.84 Å². The largest absolute Gasteiger partial charge is 0.362 e. The second-order valence-electron chi connectivity index (χ2n) is 5.64. The number of sulfone groups is 1. The van der Waals surface area contributed by atoms with E-state index in [-0.39, 0.29) is 11.5 Å². The van der Waals surface area contributed by atoms with Crippen LogP contribution in [0.2, 0.25) is 0 Å². The van der Waals surface area contributed by atoms with E-state index in [0.29, 0.717) is 24.3 Å². The van der Waals surface area contributed by atoms with Gasteiger partial charge in [0.05, 0.1) is 11.5 Å². The van der Waals surface area contributed by atoms with Crippen LogP contribution >= 0.6 is 11.8 Å². The highest BCUT2D eigenvalue weighted by Gasteiger charge is 2.27. The molecule has 0 aromatic rings. The smallest absolute Gasteiger partial charge is 0.156 e. The molecule has 0 spiro atoms. The minimum Gasteiger partial charge on any atom is -0.362 e. The van der Waals surface area contributed by atoms with Crippen molar-refractivity contribution in [3.8, 4) is 0 Å². The van der Waals surface area contributed by atoms with Crippen LogP contribution in [-0.4, -0.2) is 43.4 Å². The van der Waals surface area contributed by atoms with Gasteiger partial charge in [-0.3, -0.25) is 4.99 Å². The van der Waals surface area contributed by atoms with Crippen LogP contribution in [0, 0.1) is 5.41 Å². The van der Waals surface area contributed by atoms with Crippen LogP contribution in [0.4, 0.5) is 0 Å². The quantitative estimate of drug-likeness (QED) is 0.784. The van der Waals surface area contributed by atoms with Gasteiger partial charge in [-0.05, 0) is 18.3 Å². The fourth-order valence-corrected chi connectivity index (χ4v) is 4.45. The molecular weight excluding hydrogens is 256 g/mol. The Kier molecular flexibility index (Phi) is 3.73. The molecule has 98 valence electrons. The Bertz CT molecular complexity index is 401. The maximum absolute atomic E-state index is 11.3. The molecule has 4 nitrogen and oxygen atoms in total. The number of amidine groups is 1. The summed E-state index contributed by atoms with van der Waals surface area (Å²) in [6, 6.07) is 0.283. The summed E-state index contributed by atoms with van der Waals surface area (Å²) in [6.07, 6.45) is 1.43. The van der Waals surface area contributed by atoms with Gasteiger partial charge in [0.25, 0.3) is 0 Å². The maximum atomic E-state index is 11.3. The SMILES string of the molecule is CC1(C)CN=C(NC2CCS(=O)(=O)CC2)SC1. The summed E-state index contributed by atoms with van der Waals surface area (Å²) in [7, 11) is -2.76. The van der Waals surface area contributed by atoms with Crippen molar-refractivity contribution in [1.82, 2.24) is 5.32 Å². The molecule has 2 heterocycles. The predicted octanol–water partition coefficient (Wildman–Crippen LogP) is 1.28. The minimum absolute atomic E-state index is 0.283. The zero-order valence-corrected chi connectivity index (χ0v) is 12.0. The van der Waals surface area contributed by atoms with Crippen LogP contribution < -0.4 is 5.32 Å². The maximum Gasteiger partial charge on any atom is 0.156 e. The molecule has 0 radical (unpaired) electrons. The van der Waals surface area contributed by atoms with Crippen molar-refractivity contribution in [2.24, 2.45) is 10.4 Å². The van der Waals surface area contributed by atoms with Gasteiger partial charge in [0.15, 0.2) is 5.17 Å². The van der Waals surface area contributed by atoms with Gasteiger partial charge in [0.1, 0.15) is 9.84 Å². The van der Waals surface area contributed by atoms with Crippen molar-refractivity contribution < 1.29 is 8.42 Å². The standard InChI is InChI=1S/C11H20N2O2S2/c1-11(2)7-12-10(16-8-11)13-9-3-5-17(14,15)6-4-9/h9H,3-8H2,1-2H3,(H,12,13). The van der Waals surface area contributed by atoms with Gasteiger partial charge < -0.3 is 5.32 Å². The van der Waals surface area contributed by atoms with E-state index in [2.05, 4.69) is 24.2 Å². The first-order valence-electron chi connectivity index (χ1n) is 6.01. The van der Waals surface area contributed by atoms with Crippen LogP contribution in [0.15, 0.2) is 4.99 Å². The number of nitrogens with zero attached hydrogens (tertiary/aromatic N) is 1. The molecule has 0 amide bonds. The molecule has 0 atom stereocenters. The van der Waals surface area contributed by atoms with Crippen molar-refractivity contribution in [3.63, 3.8) is 0 Å². The summed E-state index contributed by atoms with van der Waals surface area (Å²) < 4.78 is 22.6. The minimum atomic E-state index is -2.76. The monoisotopic (exact) mass is 276 g/mol. The van der Waals surface area contributed by atoms with Crippen LogP contribution in [0.5, 0.6) is 0 Å². The highest BCUT2D eigenvalue weighted by atomic mass is 32.2. The van der Waals surface area contributed by atoms with E-state index in [1.165, 1.54) is 0 Å². The molecule has 0 aliphatic carbocycles. The summed E-state index contributed by atoms with van der Waals surface area (Å²) in [5.74, 6) is 1.70. The molecule has 17 heavy (non-hydrogen) atoms. The zero-order valence-electron chi connectivity index (χ0n) is 10.4. The van der Waals surface area contributed by atoms with E-state index in [4.69, 9.17) is 0 Å². The highest BCUT2D eigenvalue weighted by Crippen LogP contribution is 2.27. The van der Waals surface area contributed by atoms with E-state index in [1.807, 2.05) is 0 Å². The third-order valence-electron chi connectivity index (χ3n) is 3.13. The lowest BCUT2D eigenvalue weighted by Gasteiger charge is -2.30. The number of thioether (sulfide) groups is 1. The van der Waals surface area contributed by atoms with Crippen molar-refractivity contribution in [1.29, 1.82) is 0 Å². The van der Waals surface area contributed by atoms with Crippen molar-refractivity contribution in [2.45, 2.75) is 32.7 Å². The fraction of sp³-hybridized carbons (Fsp3) is 0.909. The number of aliphatic imine (C=N–C) groups is 1. The number of hydrogen-bond acceptors (Lipinski definition) is 5. The van der Waals surface area contributed by atoms with E-state index < -0.39 is 9.84 Å². The number of nitrogens with one attached hydrogen (secondary N) is 1.